The lowest BCUT2D eigenvalue weighted by Crippen LogP contribution is -2.54. The predicted molar refractivity (Wildman–Crippen MR) is 146 cm³/mol. The van der Waals surface area contributed by atoms with Gasteiger partial charge in [-0.1, -0.05) is 0 Å². The molecule has 1 fully saturated rings. The zero-order valence-corrected chi connectivity index (χ0v) is 25.8. The number of amides is 3. The average Bonchev–Trinajstić information content (AvgIpc) is 2.73. The Hall–Kier alpha value is -2.76. The first-order valence-electron chi connectivity index (χ1n) is 13.5. The second-order valence-corrected chi connectivity index (χ2v) is 12.8. The van der Waals surface area contributed by atoms with Gasteiger partial charge in [0.25, 0.3) is 0 Å². The molecule has 0 spiro atoms. The maximum atomic E-state index is 13.2. The summed E-state index contributed by atoms with van der Waals surface area (Å²) < 4.78 is 21.7. The van der Waals surface area contributed by atoms with E-state index in [0.717, 1.165) is 0 Å². The molecule has 1 rings (SSSR count). The molecule has 1 aliphatic rings. The number of hydrogen-bond donors (Lipinski definition) is 0. The van der Waals surface area contributed by atoms with Gasteiger partial charge in [-0.15, -0.1) is 0 Å². The van der Waals surface area contributed by atoms with Crippen LogP contribution in [0.4, 0.5) is 14.4 Å². The van der Waals surface area contributed by atoms with Gasteiger partial charge in [0.1, 0.15) is 16.8 Å². The van der Waals surface area contributed by atoms with E-state index in [-0.39, 0.29) is 39.3 Å². The molecule has 12 heteroatoms. The smallest absolute Gasteiger partial charge is 0.410 e. The molecule has 1 unspecified atom stereocenters. The molecule has 1 atom stereocenters. The maximum absolute atomic E-state index is 13.2. The van der Waals surface area contributed by atoms with Gasteiger partial charge >= 0.3 is 24.2 Å². The van der Waals surface area contributed by atoms with Crippen LogP contribution in [0.2, 0.25) is 0 Å². The number of carbonyl (C=O) groups excluding carboxylic acids is 4. The lowest BCUT2D eigenvalue weighted by molar-refractivity contribution is -0.142. The number of carbonyl (C=O) groups is 4. The largest absolute Gasteiger partial charge is 0.468 e. The molecule has 0 aromatic heterocycles. The first-order valence-corrected chi connectivity index (χ1v) is 13.5. The molecule has 1 heterocycles. The second kappa shape index (κ2) is 14.0. The molecule has 0 N–H and O–H groups in total. The van der Waals surface area contributed by atoms with Crippen LogP contribution >= 0.6 is 0 Å². The molecule has 3 amide bonds. The van der Waals surface area contributed by atoms with E-state index < -0.39 is 47.1 Å². The van der Waals surface area contributed by atoms with Gasteiger partial charge in [-0.2, -0.15) is 0 Å². The normalized spacial score (nSPS) is 18.9. The van der Waals surface area contributed by atoms with Gasteiger partial charge in [0.15, 0.2) is 0 Å². The summed E-state index contributed by atoms with van der Waals surface area (Å²) in [6.45, 7) is 19.4. The predicted octanol–water partition coefficient (Wildman–Crippen LogP) is 3.57. The molecule has 0 aromatic carbocycles. The molecule has 0 radical (unpaired) electrons. The van der Waals surface area contributed by atoms with E-state index in [0.29, 0.717) is 13.1 Å². The maximum Gasteiger partial charge on any atom is 0.410 e. The monoisotopic (exact) mass is 558 g/mol. The van der Waals surface area contributed by atoms with Crippen LogP contribution in [0.1, 0.15) is 69.2 Å². The summed E-state index contributed by atoms with van der Waals surface area (Å²) in [7, 11) is 1.31. The summed E-state index contributed by atoms with van der Waals surface area (Å²) in [5.74, 6) is -0.432. The van der Waals surface area contributed by atoms with Gasteiger partial charge in [0, 0.05) is 45.8 Å². The topological polar surface area (TPSA) is 118 Å². The minimum atomic E-state index is -0.728. The molecule has 1 aliphatic heterocycles. The van der Waals surface area contributed by atoms with Crippen LogP contribution in [0.15, 0.2) is 0 Å². The van der Waals surface area contributed by atoms with Gasteiger partial charge in [0.2, 0.25) is 0 Å². The summed E-state index contributed by atoms with van der Waals surface area (Å²) in [5, 5.41) is 0. The van der Waals surface area contributed by atoms with Gasteiger partial charge < -0.3 is 33.6 Å². The Kier molecular flexibility index (Phi) is 12.3. The highest BCUT2D eigenvalue weighted by Crippen LogP contribution is 2.17. The van der Waals surface area contributed by atoms with Crippen molar-refractivity contribution in [1.29, 1.82) is 0 Å². The van der Waals surface area contributed by atoms with E-state index in [1.54, 1.807) is 67.2 Å². The molecule has 1 saturated heterocycles. The SMILES string of the molecule is COC(=O)CN1CCN(C(=O)OC(C)(C)C)CCN(C(=O)OC(C)(C)C)CC(C)N(C(=O)OC(C)(C)C)CC1. The van der Waals surface area contributed by atoms with E-state index in [1.807, 2.05) is 11.8 Å². The van der Waals surface area contributed by atoms with Crippen LogP contribution in [0.3, 0.4) is 0 Å². The number of nitrogens with zero attached hydrogens (tertiary/aromatic N) is 4. The van der Waals surface area contributed by atoms with E-state index in [2.05, 4.69) is 0 Å². The third-order valence-corrected chi connectivity index (χ3v) is 5.51. The van der Waals surface area contributed by atoms with Crippen LogP contribution < -0.4 is 0 Å². The summed E-state index contributed by atoms with van der Waals surface area (Å²) in [6, 6.07) is -0.457. The average molecular weight is 559 g/mol. The van der Waals surface area contributed by atoms with E-state index >= 15 is 0 Å². The van der Waals surface area contributed by atoms with Crippen LogP contribution in [0.5, 0.6) is 0 Å². The Morgan fingerprint density at radius 2 is 1.05 bits per heavy atom. The lowest BCUT2D eigenvalue weighted by Gasteiger charge is -2.38. The van der Waals surface area contributed by atoms with Crippen LogP contribution in [-0.2, 0) is 23.7 Å². The Balaban J connectivity index is 3.37. The first kappa shape index (κ1) is 34.3. The third kappa shape index (κ3) is 13.7. The number of rotatable bonds is 2. The molecule has 39 heavy (non-hydrogen) atoms. The summed E-state index contributed by atoms with van der Waals surface area (Å²) in [5.41, 5.74) is -2.15. The molecular weight excluding hydrogens is 508 g/mol. The van der Waals surface area contributed by atoms with Crippen molar-refractivity contribution in [1.82, 2.24) is 19.6 Å². The fourth-order valence-corrected chi connectivity index (χ4v) is 3.70. The van der Waals surface area contributed by atoms with Crippen molar-refractivity contribution < 1.29 is 38.1 Å². The fourth-order valence-electron chi connectivity index (χ4n) is 3.70. The van der Waals surface area contributed by atoms with Crippen molar-refractivity contribution in [2.24, 2.45) is 0 Å². The molecule has 0 aliphatic carbocycles. The lowest BCUT2D eigenvalue weighted by atomic mass is 10.2. The van der Waals surface area contributed by atoms with Crippen molar-refractivity contribution in [2.75, 3.05) is 59.5 Å². The van der Waals surface area contributed by atoms with Gasteiger partial charge in [0.05, 0.1) is 19.7 Å². The van der Waals surface area contributed by atoms with E-state index in [1.165, 1.54) is 16.9 Å². The number of methoxy groups -OCH3 is 1. The molecular formula is C27H50N4O8. The van der Waals surface area contributed by atoms with E-state index in [4.69, 9.17) is 18.9 Å². The molecule has 0 saturated carbocycles. The van der Waals surface area contributed by atoms with Gasteiger partial charge in [-0.25, -0.2) is 14.4 Å². The summed E-state index contributed by atoms with van der Waals surface area (Å²) >= 11 is 0. The number of ether oxygens (including phenoxy) is 4. The van der Waals surface area contributed by atoms with E-state index in [9.17, 15) is 19.2 Å². The Labute approximate surface area is 233 Å². The molecule has 226 valence electrons. The Bertz CT molecular complexity index is 844. The Morgan fingerprint density at radius 1 is 0.641 bits per heavy atom. The zero-order valence-electron chi connectivity index (χ0n) is 25.8. The van der Waals surface area contributed by atoms with Crippen LogP contribution in [-0.4, -0.2) is 126 Å². The molecule has 0 bridgehead atoms. The third-order valence-electron chi connectivity index (χ3n) is 5.51. The van der Waals surface area contributed by atoms with Crippen molar-refractivity contribution in [3.63, 3.8) is 0 Å². The van der Waals surface area contributed by atoms with Crippen LogP contribution in [0.25, 0.3) is 0 Å². The van der Waals surface area contributed by atoms with Crippen molar-refractivity contribution in [3.05, 3.63) is 0 Å². The summed E-state index contributed by atoms with van der Waals surface area (Å²) in [6.07, 6.45) is -1.60. The van der Waals surface area contributed by atoms with Crippen molar-refractivity contribution in [2.45, 2.75) is 92.1 Å². The minimum Gasteiger partial charge on any atom is -0.468 e. The highest BCUT2D eigenvalue weighted by Gasteiger charge is 2.32. The van der Waals surface area contributed by atoms with Gasteiger partial charge in [-0.3, -0.25) is 9.69 Å². The highest BCUT2D eigenvalue weighted by atomic mass is 16.6. The summed E-state index contributed by atoms with van der Waals surface area (Å²) in [4.78, 5) is 57.9. The number of esters is 1. The highest BCUT2D eigenvalue weighted by molar-refractivity contribution is 5.72. The second-order valence-electron chi connectivity index (χ2n) is 12.8. The molecule has 0 aromatic rings. The molecule has 12 nitrogen and oxygen atoms in total. The zero-order chi connectivity index (χ0) is 30.2. The number of hydrogen-bond acceptors (Lipinski definition) is 9. The van der Waals surface area contributed by atoms with Gasteiger partial charge in [-0.05, 0) is 69.2 Å². The van der Waals surface area contributed by atoms with Crippen LogP contribution in [0, 0.1) is 0 Å². The van der Waals surface area contributed by atoms with Crippen molar-refractivity contribution >= 4 is 24.2 Å². The fraction of sp³-hybridized carbons (Fsp3) is 0.852. The standard InChI is InChI=1S/C27H50N4O8/c1-20-18-30(23(34)38-26(5,6)7)16-15-29(22(33)37-25(2,3)4)14-12-28(19-21(32)36-11)13-17-31(20)24(35)39-27(8,9)10/h20H,12-19H2,1-11H3. The minimum absolute atomic E-state index is 0.0147. The van der Waals surface area contributed by atoms with Crippen molar-refractivity contribution in [3.8, 4) is 0 Å². The Morgan fingerprint density at radius 3 is 1.54 bits per heavy atom. The quantitative estimate of drug-likeness (QED) is 0.370. The first-order chi connectivity index (χ1) is 17.7.